The van der Waals surface area contributed by atoms with Gasteiger partial charge in [0.25, 0.3) is 5.91 Å². The number of methoxy groups -OCH3 is 1. The van der Waals surface area contributed by atoms with Crippen LogP contribution in [0.1, 0.15) is 72.5 Å². The number of aryl methyl sites for hydroxylation is 1. The van der Waals surface area contributed by atoms with Crippen molar-refractivity contribution in [2.24, 2.45) is 11.6 Å². The van der Waals surface area contributed by atoms with Crippen LogP contribution in [0.25, 0.3) is 5.70 Å². The van der Waals surface area contributed by atoms with E-state index in [1.54, 1.807) is 42.7 Å². The Balaban J connectivity index is 1.63. The molecular formula is C28H37N7O4S. The fraction of sp³-hybridized carbons (Fsp3) is 0.357. The van der Waals surface area contributed by atoms with Gasteiger partial charge in [-0.2, -0.15) is 0 Å². The SMILES string of the molecule is COc1c(NC(=O)c2ccc(C)c(N(N)/C=C(\N)c3cnc(C4CC4)[nH]3)c2)cc(C(C)(C)C)cc1NS(C)(=O)=O. The minimum atomic E-state index is -3.60. The summed E-state index contributed by atoms with van der Waals surface area (Å²) in [5.74, 6) is 7.51. The number of carbonyl (C=O) groups excluding carboxylic acids is 1. The van der Waals surface area contributed by atoms with E-state index in [9.17, 15) is 13.2 Å². The number of benzene rings is 2. The van der Waals surface area contributed by atoms with Gasteiger partial charge in [0.1, 0.15) is 5.82 Å². The van der Waals surface area contributed by atoms with Gasteiger partial charge in [-0.3, -0.25) is 14.5 Å². The molecule has 0 radical (unpaired) electrons. The summed E-state index contributed by atoms with van der Waals surface area (Å²) in [6.07, 6.45) is 6.56. The lowest BCUT2D eigenvalue weighted by Crippen LogP contribution is -2.27. The van der Waals surface area contributed by atoms with Crippen LogP contribution < -0.4 is 31.4 Å². The van der Waals surface area contributed by atoms with Crippen LogP contribution in [-0.4, -0.2) is 37.7 Å². The van der Waals surface area contributed by atoms with Crippen LogP contribution in [0, 0.1) is 6.92 Å². The molecule has 1 fully saturated rings. The van der Waals surface area contributed by atoms with Crippen LogP contribution in [0.15, 0.2) is 42.7 Å². The lowest BCUT2D eigenvalue weighted by molar-refractivity contribution is 0.102. The van der Waals surface area contributed by atoms with Crippen LogP contribution in [0.5, 0.6) is 5.75 Å². The molecule has 0 aliphatic heterocycles. The Morgan fingerprint density at radius 2 is 1.88 bits per heavy atom. The molecule has 11 nitrogen and oxygen atoms in total. The molecule has 1 aliphatic rings. The molecule has 0 saturated heterocycles. The van der Waals surface area contributed by atoms with Gasteiger partial charge in [0.2, 0.25) is 10.0 Å². The van der Waals surface area contributed by atoms with Crippen molar-refractivity contribution in [1.29, 1.82) is 0 Å². The number of ether oxygens (including phenoxy) is 1. The zero-order chi connectivity index (χ0) is 29.4. The molecule has 1 amide bonds. The maximum atomic E-state index is 13.4. The van der Waals surface area contributed by atoms with Gasteiger partial charge in [-0.25, -0.2) is 19.2 Å². The maximum Gasteiger partial charge on any atom is 0.255 e. The van der Waals surface area contributed by atoms with Crippen LogP contribution >= 0.6 is 0 Å². The number of hydrogen-bond donors (Lipinski definition) is 5. The molecular weight excluding hydrogens is 530 g/mol. The van der Waals surface area contributed by atoms with E-state index < -0.39 is 15.9 Å². The first kappa shape index (κ1) is 29.0. The second-order valence-corrected chi connectivity index (χ2v) is 12.9. The van der Waals surface area contributed by atoms with Crippen molar-refractivity contribution in [3.05, 3.63) is 70.9 Å². The van der Waals surface area contributed by atoms with Crippen molar-refractivity contribution in [2.45, 2.75) is 51.9 Å². The summed E-state index contributed by atoms with van der Waals surface area (Å²) in [6, 6.07) is 8.61. The second-order valence-electron chi connectivity index (χ2n) is 11.1. The van der Waals surface area contributed by atoms with E-state index in [4.69, 9.17) is 16.3 Å². The van der Waals surface area contributed by atoms with Gasteiger partial charge < -0.3 is 20.8 Å². The van der Waals surface area contributed by atoms with Gasteiger partial charge in [-0.15, -0.1) is 0 Å². The number of amides is 1. The van der Waals surface area contributed by atoms with Crippen molar-refractivity contribution in [1.82, 2.24) is 9.97 Å². The van der Waals surface area contributed by atoms with Crippen LogP contribution in [0.3, 0.4) is 0 Å². The monoisotopic (exact) mass is 567 g/mol. The van der Waals surface area contributed by atoms with Crippen molar-refractivity contribution >= 4 is 38.7 Å². The van der Waals surface area contributed by atoms with Crippen molar-refractivity contribution < 1.29 is 17.9 Å². The van der Waals surface area contributed by atoms with E-state index in [1.165, 1.54) is 12.1 Å². The number of hydrogen-bond acceptors (Lipinski definition) is 8. The minimum Gasteiger partial charge on any atom is -0.492 e. The number of H-pyrrole nitrogens is 1. The summed E-state index contributed by atoms with van der Waals surface area (Å²) in [5.41, 5.74) is 10.1. The van der Waals surface area contributed by atoms with E-state index in [0.717, 1.165) is 36.0 Å². The molecule has 0 unspecified atom stereocenters. The number of hydrazine groups is 1. The van der Waals surface area contributed by atoms with Gasteiger partial charge in [0.05, 0.1) is 48.0 Å². The molecule has 7 N–H and O–H groups in total. The summed E-state index contributed by atoms with van der Waals surface area (Å²) in [6.45, 7) is 7.84. The highest BCUT2D eigenvalue weighted by molar-refractivity contribution is 7.92. The first-order chi connectivity index (χ1) is 18.7. The number of nitrogens with one attached hydrogen (secondary N) is 3. The molecule has 1 heterocycles. The Kier molecular flexibility index (Phi) is 7.86. The first-order valence-corrected chi connectivity index (χ1v) is 14.7. The number of nitrogens with two attached hydrogens (primary N) is 2. The number of sulfonamides is 1. The third-order valence-electron chi connectivity index (χ3n) is 6.60. The summed E-state index contributed by atoms with van der Waals surface area (Å²) in [4.78, 5) is 21.1. The number of rotatable bonds is 9. The standard InChI is InChI=1S/C28H37N7O4S/c1-16-7-8-18(11-24(16)35(30)15-20(29)23-14-31-26(32-23)17-9-10-17)27(36)33-21-12-19(28(2,3)4)13-22(25(21)39-5)34-40(6,37)38/h7-8,11-15,17,34H,9-10,29-30H2,1-6H3,(H,31,32)(H,33,36)/b20-15-. The summed E-state index contributed by atoms with van der Waals surface area (Å²) in [7, 11) is -2.19. The molecule has 0 atom stereocenters. The smallest absolute Gasteiger partial charge is 0.255 e. The zero-order valence-corrected chi connectivity index (χ0v) is 24.4. The number of carbonyl (C=O) groups is 1. The normalized spacial score (nSPS) is 14.1. The van der Waals surface area contributed by atoms with Gasteiger partial charge in [-0.1, -0.05) is 26.8 Å². The van der Waals surface area contributed by atoms with Crippen molar-refractivity contribution in [3.8, 4) is 5.75 Å². The highest BCUT2D eigenvalue weighted by atomic mass is 32.2. The predicted molar refractivity (Wildman–Crippen MR) is 159 cm³/mol. The van der Waals surface area contributed by atoms with E-state index in [2.05, 4.69) is 20.0 Å². The number of aromatic amines is 1. The van der Waals surface area contributed by atoms with E-state index >= 15 is 0 Å². The summed E-state index contributed by atoms with van der Waals surface area (Å²) in [5, 5.41) is 4.25. The van der Waals surface area contributed by atoms with E-state index in [0.29, 0.717) is 34.2 Å². The van der Waals surface area contributed by atoms with Gasteiger partial charge >= 0.3 is 0 Å². The average molecular weight is 568 g/mol. The molecule has 40 heavy (non-hydrogen) atoms. The molecule has 3 aromatic rings. The third kappa shape index (κ3) is 6.75. The zero-order valence-electron chi connectivity index (χ0n) is 23.6. The molecule has 0 spiro atoms. The quantitative estimate of drug-likeness (QED) is 0.190. The van der Waals surface area contributed by atoms with E-state index in [1.807, 2.05) is 27.7 Å². The number of aromatic nitrogens is 2. The van der Waals surface area contributed by atoms with Gasteiger partial charge in [0.15, 0.2) is 5.75 Å². The third-order valence-corrected chi connectivity index (χ3v) is 7.19. The topological polar surface area (TPSA) is 168 Å². The Morgan fingerprint density at radius 1 is 1.20 bits per heavy atom. The number of nitrogens with zero attached hydrogens (tertiary/aromatic N) is 2. The van der Waals surface area contributed by atoms with Crippen LogP contribution in [-0.2, 0) is 15.4 Å². The fourth-order valence-electron chi connectivity index (χ4n) is 4.21. The highest BCUT2D eigenvalue weighted by Gasteiger charge is 2.27. The Labute approximate surface area is 235 Å². The molecule has 4 rings (SSSR count). The molecule has 0 bridgehead atoms. The summed E-state index contributed by atoms with van der Waals surface area (Å²) < 4.78 is 32.1. The first-order valence-electron chi connectivity index (χ1n) is 12.8. The molecule has 1 aliphatic carbocycles. The summed E-state index contributed by atoms with van der Waals surface area (Å²) >= 11 is 0. The predicted octanol–water partition coefficient (Wildman–Crippen LogP) is 4.16. The van der Waals surface area contributed by atoms with E-state index in [-0.39, 0.29) is 16.9 Å². The van der Waals surface area contributed by atoms with Gasteiger partial charge in [-0.05, 0) is 60.6 Å². The minimum absolute atomic E-state index is 0.195. The van der Waals surface area contributed by atoms with Crippen LogP contribution in [0.4, 0.5) is 17.1 Å². The average Bonchev–Trinajstić information content (AvgIpc) is 3.58. The van der Waals surface area contributed by atoms with Gasteiger partial charge in [0, 0.05) is 17.7 Å². The fourth-order valence-corrected chi connectivity index (χ4v) is 4.76. The van der Waals surface area contributed by atoms with Crippen molar-refractivity contribution in [3.63, 3.8) is 0 Å². The highest BCUT2D eigenvalue weighted by Crippen LogP contribution is 2.40. The molecule has 1 saturated carbocycles. The maximum absolute atomic E-state index is 13.4. The lowest BCUT2D eigenvalue weighted by atomic mass is 9.86. The Hall–Kier alpha value is -4.03. The molecule has 12 heteroatoms. The number of anilines is 3. The van der Waals surface area contributed by atoms with Crippen LogP contribution in [0.2, 0.25) is 0 Å². The largest absolute Gasteiger partial charge is 0.492 e. The molecule has 2 aromatic carbocycles. The molecule has 1 aromatic heterocycles. The van der Waals surface area contributed by atoms with Crippen molar-refractivity contribution in [2.75, 3.05) is 28.4 Å². The lowest BCUT2D eigenvalue weighted by Gasteiger charge is -2.24. The molecule has 214 valence electrons. The Morgan fingerprint density at radius 3 is 2.48 bits per heavy atom. The second kappa shape index (κ2) is 10.9. The number of imidazole rings is 1. The Bertz CT molecular complexity index is 1570.